The summed E-state index contributed by atoms with van der Waals surface area (Å²) in [6.07, 6.45) is 11.2. The van der Waals surface area contributed by atoms with Crippen molar-refractivity contribution in [3.8, 4) is 5.75 Å². The Kier molecular flexibility index (Phi) is 7.45. The number of benzene rings is 1. The van der Waals surface area contributed by atoms with E-state index in [4.69, 9.17) is 14.2 Å². The van der Waals surface area contributed by atoms with Crippen molar-refractivity contribution in [3.05, 3.63) is 42.5 Å². The number of nitrogens with one attached hydrogen (secondary N) is 2. The molecule has 0 unspecified atom stereocenters. The van der Waals surface area contributed by atoms with Crippen molar-refractivity contribution in [2.24, 2.45) is 0 Å². The third-order valence-corrected chi connectivity index (χ3v) is 7.38. The van der Waals surface area contributed by atoms with Crippen molar-refractivity contribution >= 4 is 28.6 Å². The Hall–Kier alpha value is -3.57. The molecule has 2 saturated heterocycles. The topological polar surface area (TPSA) is 124 Å². The summed E-state index contributed by atoms with van der Waals surface area (Å²) in [7, 11) is 0. The average molecular weight is 520 g/mol. The predicted octanol–water partition coefficient (Wildman–Crippen LogP) is 2.58. The van der Waals surface area contributed by atoms with Gasteiger partial charge in [-0.1, -0.05) is 0 Å². The van der Waals surface area contributed by atoms with Gasteiger partial charge in [0, 0.05) is 62.3 Å². The minimum absolute atomic E-state index is 0.0598. The van der Waals surface area contributed by atoms with Crippen LogP contribution in [0.4, 0.5) is 11.6 Å². The summed E-state index contributed by atoms with van der Waals surface area (Å²) < 4.78 is 17.3. The molecule has 2 aliphatic heterocycles. The van der Waals surface area contributed by atoms with Crippen LogP contribution >= 0.6 is 0 Å². The van der Waals surface area contributed by atoms with Crippen LogP contribution in [0.2, 0.25) is 0 Å². The second-order valence-corrected chi connectivity index (χ2v) is 10.0. The maximum Gasteiger partial charge on any atom is 0.254 e. The van der Waals surface area contributed by atoms with Gasteiger partial charge >= 0.3 is 0 Å². The van der Waals surface area contributed by atoms with Crippen molar-refractivity contribution in [1.82, 2.24) is 25.3 Å². The lowest BCUT2D eigenvalue weighted by Gasteiger charge is -2.31. The van der Waals surface area contributed by atoms with Crippen LogP contribution in [0.3, 0.4) is 0 Å². The number of carbonyl (C=O) groups is 1. The minimum Gasteiger partial charge on any atom is -0.488 e. The van der Waals surface area contributed by atoms with Crippen LogP contribution in [0.1, 0.15) is 42.5 Å². The molecule has 1 atom stereocenters. The van der Waals surface area contributed by atoms with Gasteiger partial charge in [-0.3, -0.25) is 9.78 Å². The van der Waals surface area contributed by atoms with Gasteiger partial charge in [0.1, 0.15) is 11.3 Å². The molecule has 1 amide bonds. The molecule has 3 aromatic rings. The number of fused-ring (bicyclic) bond motifs is 1. The maximum atomic E-state index is 12.4. The molecule has 1 saturated carbocycles. The number of nitrogens with zero attached hydrogens (tertiary/aromatic N) is 5. The molecule has 4 heterocycles. The van der Waals surface area contributed by atoms with E-state index in [0.717, 1.165) is 80.9 Å². The normalized spacial score (nSPS) is 23.8. The van der Waals surface area contributed by atoms with Crippen LogP contribution in [-0.4, -0.2) is 83.5 Å². The van der Waals surface area contributed by atoms with Crippen LogP contribution in [0.5, 0.6) is 5.75 Å². The van der Waals surface area contributed by atoms with Gasteiger partial charge in [-0.25, -0.2) is 15.0 Å². The Balaban J connectivity index is 1.04. The Bertz CT molecular complexity index is 1240. The molecule has 3 fully saturated rings. The fraction of sp³-hybridized carbons (Fsp3) is 0.519. The van der Waals surface area contributed by atoms with Crippen LogP contribution in [0.15, 0.2) is 36.9 Å². The Morgan fingerprint density at radius 2 is 1.68 bits per heavy atom. The van der Waals surface area contributed by atoms with Gasteiger partial charge in [0.25, 0.3) is 5.91 Å². The average Bonchev–Trinajstić information content (AvgIpc) is 3.48. The van der Waals surface area contributed by atoms with Gasteiger partial charge in [-0.15, -0.1) is 0 Å². The van der Waals surface area contributed by atoms with Crippen molar-refractivity contribution in [2.75, 3.05) is 49.7 Å². The molecule has 38 heavy (non-hydrogen) atoms. The quantitative estimate of drug-likeness (QED) is 0.481. The zero-order valence-electron chi connectivity index (χ0n) is 21.3. The molecule has 2 N–H and O–H groups in total. The largest absolute Gasteiger partial charge is 0.488 e. The van der Waals surface area contributed by atoms with E-state index >= 15 is 0 Å². The zero-order chi connectivity index (χ0) is 25.7. The summed E-state index contributed by atoms with van der Waals surface area (Å²) in [6.45, 7) is 4.39. The molecule has 200 valence electrons. The third-order valence-electron chi connectivity index (χ3n) is 7.38. The molecule has 1 aromatic carbocycles. The molecule has 1 aliphatic carbocycles. The first-order chi connectivity index (χ1) is 18.7. The molecule has 11 heteroatoms. The summed E-state index contributed by atoms with van der Waals surface area (Å²) in [5.74, 6) is 1.16. The standard InChI is InChI=1S/C27H33N7O4/c35-26(32-20-5-10-37-17-20)18-15-30-27(31-16-18)33-19-1-3-22(4-2-19)38-24-14-21(34-8-11-36-12-9-34)13-23-25(24)29-7-6-28-23/h6-7,13-16,19-20,22H,1-5,8-12,17H2,(H,32,35)(H,30,31,33)/t19?,20-,22?/m0/s1. The van der Waals surface area contributed by atoms with Gasteiger partial charge in [0.15, 0.2) is 0 Å². The molecular weight excluding hydrogens is 486 g/mol. The summed E-state index contributed by atoms with van der Waals surface area (Å²) in [4.78, 5) is 32.5. The lowest BCUT2D eigenvalue weighted by molar-refractivity contribution is 0.0929. The smallest absolute Gasteiger partial charge is 0.254 e. The van der Waals surface area contributed by atoms with E-state index in [1.807, 2.05) is 0 Å². The lowest BCUT2D eigenvalue weighted by Crippen LogP contribution is -2.36. The number of hydrogen-bond acceptors (Lipinski definition) is 10. The predicted molar refractivity (Wildman–Crippen MR) is 142 cm³/mol. The Morgan fingerprint density at radius 3 is 2.45 bits per heavy atom. The van der Waals surface area contributed by atoms with E-state index in [1.54, 1.807) is 24.8 Å². The fourth-order valence-corrected chi connectivity index (χ4v) is 5.25. The Labute approximate surface area is 221 Å². The highest BCUT2D eigenvalue weighted by atomic mass is 16.5. The minimum atomic E-state index is -0.167. The number of amides is 1. The van der Waals surface area contributed by atoms with Gasteiger partial charge < -0.3 is 29.7 Å². The number of ether oxygens (including phenoxy) is 3. The van der Waals surface area contributed by atoms with Gasteiger partial charge in [0.2, 0.25) is 5.95 Å². The highest BCUT2D eigenvalue weighted by Crippen LogP contribution is 2.33. The number of rotatable bonds is 7. The number of morpholine rings is 1. The summed E-state index contributed by atoms with van der Waals surface area (Å²) in [5.41, 5.74) is 3.18. The van der Waals surface area contributed by atoms with Crippen molar-refractivity contribution < 1.29 is 19.0 Å². The molecule has 0 spiro atoms. The molecule has 0 bridgehead atoms. The van der Waals surface area contributed by atoms with Crippen molar-refractivity contribution in [1.29, 1.82) is 0 Å². The van der Waals surface area contributed by atoms with Crippen LogP contribution < -0.4 is 20.3 Å². The van der Waals surface area contributed by atoms with E-state index < -0.39 is 0 Å². The van der Waals surface area contributed by atoms with E-state index in [9.17, 15) is 4.79 Å². The number of carbonyl (C=O) groups excluding carboxylic acids is 1. The van der Waals surface area contributed by atoms with Gasteiger partial charge in [-0.05, 0) is 38.2 Å². The van der Waals surface area contributed by atoms with Crippen LogP contribution in [-0.2, 0) is 9.47 Å². The second kappa shape index (κ2) is 11.4. The first-order valence-electron chi connectivity index (χ1n) is 13.4. The summed E-state index contributed by atoms with van der Waals surface area (Å²) in [6, 6.07) is 4.49. The highest BCUT2D eigenvalue weighted by Gasteiger charge is 2.25. The zero-order valence-corrected chi connectivity index (χ0v) is 21.3. The van der Waals surface area contributed by atoms with E-state index in [-0.39, 0.29) is 24.1 Å². The first-order valence-corrected chi connectivity index (χ1v) is 13.4. The number of hydrogen-bond donors (Lipinski definition) is 2. The van der Waals surface area contributed by atoms with Gasteiger partial charge in [0.05, 0.1) is 43.0 Å². The van der Waals surface area contributed by atoms with Crippen LogP contribution in [0.25, 0.3) is 11.0 Å². The molecule has 3 aliphatic rings. The monoisotopic (exact) mass is 519 g/mol. The van der Waals surface area contributed by atoms with E-state index in [0.29, 0.717) is 24.7 Å². The maximum absolute atomic E-state index is 12.4. The summed E-state index contributed by atoms with van der Waals surface area (Å²) >= 11 is 0. The highest BCUT2D eigenvalue weighted by molar-refractivity contribution is 5.93. The number of aromatic nitrogens is 4. The number of anilines is 2. The van der Waals surface area contributed by atoms with Crippen LogP contribution in [0, 0.1) is 0 Å². The molecule has 6 rings (SSSR count). The summed E-state index contributed by atoms with van der Waals surface area (Å²) in [5, 5.41) is 6.37. The lowest BCUT2D eigenvalue weighted by atomic mass is 9.93. The first kappa shape index (κ1) is 24.7. The Morgan fingerprint density at radius 1 is 0.895 bits per heavy atom. The van der Waals surface area contributed by atoms with Crippen molar-refractivity contribution in [2.45, 2.75) is 50.3 Å². The molecular formula is C27H33N7O4. The SMILES string of the molecule is O=C(N[C@H]1CCOC1)c1cnc(NC2CCC(Oc3cc(N4CCOCC4)cc4nccnc34)CC2)nc1. The molecule has 11 nitrogen and oxygen atoms in total. The third kappa shape index (κ3) is 5.78. The fourth-order valence-electron chi connectivity index (χ4n) is 5.25. The second-order valence-electron chi connectivity index (χ2n) is 10.0. The van der Waals surface area contributed by atoms with E-state index in [2.05, 4.69) is 47.6 Å². The van der Waals surface area contributed by atoms with Gasteiger partial charge in [-0.2, -0.15) is 0 Å². The van der Waals surface area contributed by atoms with E-state index in [1.165, 1.54) is 0 Å². The van der Waals surface area contributed by atoms with Crippen molar-refractivity contribution in [3.63, 3.8) is 0 Å². The molecule has 2 aromatic heterocycles. The molecule has 0 radical (unpaired) electrons.